The Morgan fingerprint density at radius 2 is 0.933 bits per heavy atom. The smallest absolute Gasteiger partial charge is 0.00393 e. The quantitative estimate of drug-likeness (QED) is 0.421. The van der Waals surface area contributed by atoms with Crippen molar-refractivity contribution < 1.29 is 0 Å². The van der Waals surface area contributed by atoms with Gasteiger partial charge < -0.3 is 22.9 Å². The van der Waals surface area contributed by atoms with Crippen LogP contribution < -0.4 is 22.9 Å². The maximum atomic E-state index is 5.93. The Bertz CT molecular complexity index is 116. The van der Waals surface area contributed by atoms with Crippen molar-refractivity contribution in [2.24, 2.45) is 22.9 Å². The fraction of sp³-hybridized carbons (Fsp3) is 1.00. The third kappa shape index (κ3) is 10.1. The summed E-state index contributed by atoms with van der Waals surface area (Å²) in [6.45, 7) is 1.48. The van der Waals surface area contributed by atoms with Crippen molar-refractivity contribution in [1.29, 1.82) is 0 Å². The summed E-state index contributed by atoms with van der Waals surface area (Å²) in [6, 6.07) is 0.602. The second-order valence-electron chi connectivity index (χ2n) is 4.31. The van der Waals surface area contributed by atoms with Crippen molar-refractivity contribution in [3.05, 3.63) is 0 Å². The average molecular weight is 216 g/mol. The summed E-state index contributed by atoms with van der Waals surface area (Å²) in [7, 11) is 0. The molecule has 4 nitrogen and oxygen atoms in total. The normalized spacial score (nSPS) is 15.2. The van der Waals surface area contributed by atoms with E-state index >= 15 is 0 Å². The average Bonchev–Trinajstić information content (AvgIpc) is 2.23. The van der Waals surface area contributed by atoms with Gasteiger partial charge in [0.1, 0.15) is 0 Å². The van der Waals surface area contributed by atoms with Crippen molar-refractivity contribution in [2.75, 3.05) is 13.1 Å². The van der Waals surface area contributed by atoms with Crippen LogP contribution in [-0.2, 0) is 0 Å². The van der Waals surface area contributed by atoms with Gasteiger partial charge in [-0.2, -0.15) is 0 Å². The molecule has 0 fully saturated rings. The zero-order valence-corrected chi connectivity index (χ0v) is 9.83. The summed E-state index contributed by atoms with van der Waals surface area (Å²) in [4.78, 5) is 0. The van der Waals surface area contributed by atoms with Crippen LogP contribution in [0.5, 0.6) is 0 Å². The van der Waals surface area contributed by atoms with Gasteiger partial charge in [-0.15, -0.1) is 0 Å². The highest BCUT2D eigenvalue weighted by molar-refractivity contribution is 4.66. The minimum absolute atomic E-state index is 0.301. The zero-order chi connectivity index (χ0) is 11.5. The van der Waals surface area contributed by atoms with Crippen LogP contribution in [0, 0.1) is 0 Å². The van der Waals surface area contributed by atoms with Crippen LogP contribution >= 0.6 is 0 Å². The van der Waals surface area contributed by atoms with Crippen LogP contribution in [0.15, 0.2) is 0 Å². The molecule has 0 aliphatic rings. The minimum Gasteiger partial charge on any atom is -0.330 e. The fourth-order valence-electron chi connectivity index (χ4n) is 1.69. The van der Waals surface area contributed by atoms with E-state index in [1.807, 2.05) is 0 Å². The van der Waals surface area contributed by atoms with Gasteiger partial charge in [-0.05, 0) is 51.6 Å². The first kappa shape index (κ1) is 14.8. The van der Waals surface area contributed by atoms with Gasteiger partial charge in [0.15, 0.2) is 0 Å². The molecule has 8 N–H and O–H groups in total. The van der Waals surface area contributed by atoms with Gasteiger partial charge in [-0.1, -0.05) is 6.42 Å². The molecule has 0 saturated carbocycles. The predicted octanol–water partition coefficient (Wildman–Crippen LogP) is 0.289. The van der Waals surface area contributed by atoms with Gasteiger partial charge in [-0.3, -0.25) is 0 Å². The van der Waals surface area contributed by atoms with Gasteiger partial charge in [0.2, 0.25) is 0 Å². The molecule has 0 aromatic heterocycles. The third-order valence-corrected chi connectivity index (χ3v) is 2.71. The maximum absolute atomic E-state index is 5.93. The SMILES string of the molecule is NCCCC(N)CCCC(N)CCCN. The molecule has 0 bridgehead atoms. The molecule has 0 aliphatic carbocycles. The van der Waals surface area contributed by atoms with Crippen molar-refractivity contribution in [3.63, 3.8) is 0 Å². The molecule has 15 heavy (non-hydrogen) atoms. The molecule has 0 aliphatic heterocycles. The Morgan fingerprint density at radius 1 is 0.600 bits per heavy atom. The lowest BCUT2D eigenvalue weighted by molar-refractivity contribution is 0.473. The molecule has 0 radical (unpaired) electrons. The van der Waals surface area contributed by atoms with Crippen molar-refractivity contribution >= 4 is 0 Å². The molecule has 0 aromatic rings. The summed E-state index contributed by atoms with van der Waals surface area (Å²) in [5.74, 6) is 0. The van der Waals surface area contributed by atoms with Crippen LogP contribution in [0.1, 0.15) is 44.9 Å². The van der Waals surface area contributed by atoms with Gasteiger partial charge in [-0.25, -0.2) is 0 Å². The molecule has 4 heteroatoms. The van der Waals surface area contributed by atoms with E-state index in [4.69, 9.17) is 22.9 Å². The monoisotopic (exact) mass is 216 g/mol. The van der Waals surface area contributed by atoms with E-state index in [1.54, 1.807) is 0 Å². The number of hydrogen-bond acceptors (Lipinski definition) is 4. The molecule has 92 valence electrons. The predicted molar refractivity (Wildman–Crippen MR) is 66.4 cm³/mol. The van der Waals surface area contributed by atoms with Crippen LogP contribution in [0.25, 0.3) is 0 Å². The second kappa shape index (κ2) is 10.4. The second-order valence-corrected chi connectivity index (χ2v) is 4.31. The van der Waals surface area contributed by atoms with Crippen LogP contribution in [0.2, 0.25) is 0 Å². The van der Waals surface area contributed by atoms with E-state index in [-0.39, 0.29) is 0 Å². The summed E-state index contributed by atoms with van der Waals surface area (Å²) in [5, 5.41) is 0. The van der Waals surface area contributed by atoms with Gasteiger partial charge in [0, 0.05) is 12.1 Å². The van der Waals surface area contributed by atoms with Crippen molar-refractivity contribution in [1.82, 2.24) is 0 Å². The lowest BCUT2D eigenvalue weighted by atomic mass is 10.0. The molecule has 2 unspecified atom stereocenters. The fourth-order valence-corrected chi connectivity index (χ4v) is 1.69. The summed E-state index contributed by atoms with van der Waals surface area (Å²) < 4.78 is 0. The molecule has 0 spiro atoms. The highest BCUT2D eigenvalue weighted by atomic mass is 14.6. The lowest BCUT2D eigenvalue weighted by Crippen LogP contribution is -2.24. The van der Waals surface area contributed by atoms with Crippen molar-refractivity contribution in [3.8, 4) is 0 Å². The van der Waals surface area contributed by atoms with Gasteiger partial charge in [0.25, 0.3) is 0 Å². The van der Waals surface area contributed by atoms with Crippen molar-refractivity contribution in [2.45, 2.75) is 57.0 Å². The zero-order valence-electron chi connectivity index (χ0n) is 9.83. The Balaban J connectivity index is 3.27. The highest BCUT2D eigenvalue weighted by Gasteiger charge is 2.05. The molecular formula is C11H28N4. The van der Waals surface area contributed by atoms with Gasteiger partial charge >= 0.3 is 0 Å². The van der Waals surface area contributed by atoms with Crippen LogP contribution in [-0.4, -0.2) is 25.2 Å². The Hall–Kier alpha value is -0.160. The van der Waals surface area contributed by atoms with Crippen LogP contribution in [0.4, 0.5) is 0 Å². The van der Waals surface area contributed by atoms with E-state index in [2.05, 4.69) is 0 Å². The molecule has 0 aromatic carbocycles. The standard InChI is InChI=1S/C11H28N4/c12-8-2-6-10(14)4-1-5-11(15)7-3-9-13/h10-11H,1-9,12-15H2. The lowest BCUT2D eigenvalue weighted by Gasteiger charge is -2.13. The number of nitrogens with two attached hydrogens (primary N) is 4. The van der Waals surface area contributed by atoms with Gasteiger partial charge in [0.05, 0.1) is 0 Å². The molecule has 0 rings (SSSR count). The molecular weight excluding hydrogens is 188 g/mol. The molecule has 0 saturated heterocycles. The van der Waals surface area contributed by atoms with E-state index in [0.29, 0.717) is 12.1 Å². The number of hydrogen-bond donors (Lipinski definition) is 4. The van der Waals surface area contributed by atoms with Crippen LogP contribution in [0.3, 0.4) is 0 Å². The van der Waals surface area contributed by atoms with E-state index in [9.17, 15) is 0 Å². The minimum atomic E-state index is 0.301. The third-order valence-electron chi connectivity index (χ3n) is 2.71. The first-order chi connectivity index (χ1) is 7.20. The Morgan fingerprint density at radius 3 is 1.27 bits per heavy atom. The first-order valence-corrected chi connectivity index (χ1v) is 6.12. The maximum Gasteiger partial charge on any atom is 0.00393 e. The van der Waals surface area contributed by atoms with E-state index in [1.165, 1.54) is 0 Å². The summed E-state index contributed by atoms with van der Waals surface area (Å²) in [5.41, 5.74) is 22.7. The Kier molecular flexibility index (Phi) is 10.3. The highest BCUT2D eigenvalue weighted by Crippen LogP contribution is 2.08. The van der Waals surface area contributed by atoms with E-state index < -0.39 is 0 Å². The molecule has 0 heterocycles. The molecule has 0 amide bonds. The summed E-state index contributed by atoms with van der Waals surface area (Å²) >= 11 is 0. The molecule has 2 atom stereocenters. The topological polar surface area (TPSA) is 104 Å². The summed E-state index contributed by atoms with van der Waals surface area (Å²) in [6.07, 6.45) is 7.38. The Labute approximate surface area is 93.7 Å². The van der Waals surface area contributed by atoms with E-state index in [0.717, 1.165) is 58.0 Å². The first-order valence-electron chi connectivity index (χ1n) is 6.12. The largest absolute Gasteiger partial charge is 0.330 e. The number of rotatable bonds is 10.